The molecule has 0 saturated carbocycles. The van der Waals surface area contributed by atoms with E-state index in [1.54, 1.807) is 24.0 Å². The van der Waals surface area contributed by atoms with Crippen LogP contribution in [-0.4, -0.2) is 23.9 Å². The summed E-state index contributed by atoms with van der Waals surface area (Å²) in [4.78, 5) is 13.8. The fraction of sp³-hybridized carbons (Fsp3) is 0.417. The molecular formula is C12H13BrFNO. The van der Waals surface area contributed by atoms with E-state index in [1.165, 1.54) is 0 Å². The highest BCUT2D eigenvalue weighted by atomic mass is 79.9. The summed E-state index contributed by atoms with van der Waals surface area (Å²) in [7, 11) is 0. The monoisotopic (exact) mass is 285 g/mol. The van der Waals surface area contributed by atoms with Gasteiger partial charge in [0.1, 0.15) is 5.82 Å². The second kappa shape index (κ2) is 4.53. The van der Waals surface area contributed by atoms with Crippen LogP contribution >= 0.6 is 15.9 Å². The average molecular weight is 286 g/mol. The fourth-order valence-corrected chi connectivity index (χ4v) is 2.41. The van der Waals surface area contributed by atoms with E-state index in [0.717, 1.165) is 25.9 Å². The Morgan fingerprint density at radius 2 is 2.00 bits per heavy atom. The van der Waals surface area contributed by atoms with Gasteiger partial charge in [-0.25, -0.2) is 4.39 Å². The Kier molecular flexibility index (Phi) is 3.28. The molecule has 1 aromatic rings. The van der Waals surface area contributed by atoms with Crippen molar-refractivity contribution >= 4 is 21.8 Å². The smallest absolute Gasteiger partial charge is 0.257 e. The van der Waals surface area contributed by atoms with Gasteiger partial charge in [0.05, 0.1) is 5.56 Å². The summed E-state index contributed by atoms with van der Waals surface area (Å²) in [6.07, 6.45) is 2.02. The molecule has 0 atom stereocenters. The summed E-state index contributed by atoms with van der Waals surface area (Å²) in [6, 6.07) is 3.39. The molecule has 1 aliphatic heterocycles. The summed E-state index contributed by atoms with van der Waals surface area (Å²) in [5, 5.41) is 0. The van der Waals surface area contributed by atoms with E-state index in [-0.39, 0.29) is 11.5 Å². The second-order valence-corrected chi connectivity index (χ2v) is 4.91. The zero-order valence-electron chi connectivity index (χ0n) is 9.09. The van der Waals surface area contributed by atoms with E-state index in [1.807, 2.05) is 0 Å². The van der Waals surface area contributed by atoms with Crippen molar-refractivity contribution < 1.29 is 9.18 Å². The van der Waals surface area contributed by atoms with Crippen LogP contribution in [0.3, 0.4) is 0 Å². The van der Waals surface area contributed by atoms with Crippen LogP contribution < -0.4 is 0 Å². The van der Waals surface area contributed by atoms with Crippen molar-refractivity contribution in [3.8, 4) is 0 Å². The lowest BCUT2D eigenvalue weighted by atomic mass is 10.1. The molecule has 86 valence electrons. The fourth-order valence-electron chi connectivity index (χ4n) is 1.93. The van der Waals surface area contributed by atoms with Gasteiger partial charge in [-0.2, -0.15) is 0 Å². The second-order valence-electron chi connectivity index (χ2n) is 4.05. The number of hydrogen-bond acceptors (Lipinski definition) is 1. The number of carbonyl (C=O) groups excluding carboxylic acids is 1. The highest BCUT2D eigenvalue weighted by Crippen LogP contribution is 2.25. The number of aryl methyl sites for hydroxylation is 1. The van der Waals surface area contributed by atoms with E-state index in [9.17, 15) is 9.18 Å². The average Bonchev–Trinajstić information content (AvgIpc) is 2.77. The minimum absolute atomic E-state index is 0.168. The molecule has 0 radical (unpaired) electrons. The maximum Gasteiger partial charge on any atom is 0.257 e. The Bertz CT molecular complexity index is 427. The summed E-state index contributed by atoms with van der Waals surface area (Å²) in [6.45, 7) is 3.14. The van der Waals surface area contributed by atoms with Crippen LogP contribution in [0.4, 0.5) is 4.39 Å². The van der Waals surface area contributed by atoms with Crippen molar-refractivity contribution in [1.82, 2.24) is 4.90 Å². The van der Waals surface area contributed by atoms with Gasteiger partial charge in [0.25, 0.3) is 5.91 Å². The lowest BCUT2D eigenvalue weighted by molar-refractivity contribution is 0.0787. The molecular weight excluding hydrogens is 273 g/mol. The normalized spacial score (nSPS) is 15.6. The van der Waals surface area contributed by atoms with E-state index in [2.05, 4.69) is 15.9 Å². The number of carbonyl (C=O) groups is 1. The number of nitrogens with zero attached hydrogens (tertiary/aromatic N) is 1. The van der Waals surface area contributed by atoms with Crippen LogP contribution in [0.2, 0.25) is 0 Å². The zero-order chi connectivity index (χ0) is 11.7. The summed E-state index contributed by atoms with van der Waals surface area (Å²) in [5.74, 6) is -0.614. The number of likely N-dealkylation sites (tertiary alicyclic amines) is 1. The third-order valence-corrected chi connectivity index (χ3v) is 3.55. The van der Waals surface area contributed by atoms with Crippen LogP contribution in [0.5, 0.6) is 0 Å². The Morgan fingerprint density at radius 1 is 1.38 bits per heavy atom. The van der Waals surface area contributed by atoms with Crippen molar-refractivity contribution in [2.24, 2.45) is 0 Å². The van der Waals surface area contributed by atoms with Gasteiger partial charge in [0.15, 0.2) is 0 Å². The number of rotatable bonds is 1. The van der Waals surface area contributed by atoms with Gasteiger partial charge in [-0.15, -0.1) is 0 Å². The molecule has 0 N–H and O–H groups in total. The van der Waals surface area contributed by atoms with Crippen molar-refractivity contribution in [2.45, 2.75) is 19.8 Å². The first-order valence-electron chi connectivity index (χ1n) is 5.35. The molecule has 0 bridgehead atoms. The van der Waals surface area contributed by atoms with E-state index < -0.39 is 5.82 Å². The topological polar surface area (TPSA) is 20.3 Å². The number of amides is 1. The predicted molar refractivity (Wildman–Crippen MR) is 64.0 cm³/mol. The van der Waals surface area contributed by atoms with Crippen LogP contribution in [-0.2, 0) is 0 Å². The molecule has 1 aliphatic rings. The molecule has 4 heteroatoms. The molecule has 0 unspecified atom stereocenters. The first-order chi connectivity index (χ1) is 7.61. The SMILES string of the molecule is Cc1ccc(Br)c(C(=O)N2CCCC2)c1F. The Labute approximate surface area is 103 Å². The molecule has 1 aromatic carbocycles. The summed E-state index contributed by atoms with van der Waals surface area (Å²) < 4.78 is 14.4. The predicted octanol–water partition coefficient (Wildman–Crippen LogP) is 3.13. The summed E-state index contributed by atoms with van der Waals surface area (Å²) >= 11 is 3.24. The van der Waals surface area contributed by atoms with Gasteiger partial charge in [0.2, 0.25) is 0 Å². The molecule has 2 rings (SSSR count). The Morgan fingerprint density at radius 3 is 2.62 bits per heavy atom. The number of benzene rings is 1. The third-order valence-electron chi connectivity index (χ3n) is 2.89. The van der Waals surface area contributed by atoms with E-state index >= 15 is 0 Å². The first-order valence-corrected chi connectivity index (χ1v) is 6.14. The quantitative estimate of drug-likeness (QED) is 0.776. The van der Waals surface area contributed by atoms with Crippen molar-refractivity contribution in [3.05, 3.63) is 33.5 Å². The first kappa shape index (κ1) is 11.6. The molecule has 0 spiro atoms. The van der Waals surface area contributed by atoms with Gasteiger partial charge >= 0.3 is 0 Å². The molecule has 2 nitrogen and oxygen atoms in total. The van der Waals surface area contributed by atoms with Crippen molar-refractivity contribution in [1.29, 1.82) is 0 Å². The molecule has 1 amide bonds. The Balaban J connectivity index is 2.39. The molecule has 1 saturated heterocycles. The maximum atomic E-state index is 13.9. The summed E-state index contributed by atoms with van der Waals surface area (Å²) in [5.41, 5.74) is 0.674. The Hall–Kier alpha value is -0.900. The van der Waals surface area contributed by atoms with Crippen LogP contribution in [0, 0.1) is 12.7 Å². The van der Waals surface area contributed by atoms with Gasteiger partial charge in [0, 0.05) is 17.6 Å². The van der Waals surface area contributed by atoms with E-state index in [4.69, 9.17) is 0 Å². The number of halogens is 2. The van der Waals surface area contributed by atoms with Crippen molar-refractivity contribution in [2.75, 3.05) is 13.1 Å². The molecule has 1 fully saturated rings. The molecule has 1 heterocycles. The van der Waals surface area contributed by atoms with Crippen molar-refractivity contribution in [3.63, 3.8) is 0 Å². The van der Waals surface area contributed by atoms with E-state index in [0.29, 0.717) is 10.0 Å². The highest BCUT2D eigenvalue weighted by Gasteiger charge is 2.24. The zero-order valence-corrected chi connectivity index (χ0v) is 10.7. The highest BCUT2D eigenvalue weighted by molar-refractivity contribution is 9.10. The van der Waals surface area contributed by atoms with Crippen LogP contribution in [0.25, 0.3) is 0 Å². The maximum absolute atomic E-state index is 13.9. The lowest BCUT2D eigenvalue weighted by Gasteiger charge is -2.17. The standard InChI is InChI=1S/C12H13BrFNO/c1-8-4-5-9(13)10(11(8)14)12(16)15-6-2-3-7-15/h4-5H,2-3,6-7H2,1H3. The van der Waals surface area contributed by atoms with Gasteiger partial charge < -0.3 is 4.90 Å². The number of hydrogen-bond donors (Lipinski definition) is 0. The minimum Gasteiger partial charge on any atom is -0.339 e. The molecule has 0 aromatic heterocycles. The van der Waals surface area contributed by atoms with Gasteiger partial charge in [-0.3, -0.25) is 4.79 Å². The molecule has 16 heavy (non-hydrogen) atoms. The van der Waals surface area contributed by atoms with Gasteiger partial charge in [-0.1, -0.05) is 6.07 Å². The van der Waals surface area contributed by atoms with Crippen LogP contribution in [0.1, 0.15) is 28.8 Å². The van der Waals surface area contributed by atoms with Gasteiger partial charge in [-0.05, 0) is 47.3 Å². The minimum atomic E-state index is -0.411. The third kappa shape index (κ3) is 1.98. The lowest BCUT2D eigenvalue weighted by Crippen LogP contribution is -2.29. The molecule has 0 aliphatic carbocycles. The van der Waals surface area contributed by atoms with Crippen LogP contribution in [0.15, 0.2) is 16.6 Å². The largest absolute Gasteiger partial charge is 0.339 e.